The van der Waals surface area contributed by atoms with E-state index in [4.69, 9.17) is 9.47 Å². The van der Waals surface area contributed by atoms with Crippen molar-refractivity contribution in [1.82, 2.24) is 0 Å². The third-order valence-corrected chi connectivity index (χ3v) is 4.40. The van der Waals surface area contributed by atoms with Crippen molar-refractivity contribution < 1.29 is 14.3 Å². The summed E-state index contributed by atoms with van der Waals surface area (Å²) in [6.45, 7) is 7.77. The largest absolute Gasteiger partial charge is 0.490 e. The fraction of sp³-hybridized carbons (Fsp3) is 0.115. The molecular formula is C26H24O3. The van der Waals surface area contributed by atoms with E-state index in [2.05, 4.69) is 43.0 Å². The second kappa shape index (κ2) is 9.56. The first-order valence-electron chi connectivity index (χ1n) is 9.49. The molecule has 3 aromatic carbocycles. The van der Waals surface area contributed by atoms with Crippen molar-refractivity contribution in [2.45, 2.75) is 13.8 Å². The zero-order valence-electron chi connectivity index (χ0n) is 16.7. The van der Waals surface area contributed by atoms with Crippen LogP contribution in [0.3, 0.4) is 0 Å². The molecule has 3 aromatic rings. The summed E-state index contributed by atoms with van der Waals surface area (Å²) in [6, 6.07) is 23.9. The Morgan fingerprint density at radius 2 is 1.21 bits per heavy atom. The van der Waals surface area contributed by atoms with Gasteiger partial charge in [0.05, 0.1) is 0 Å². The zero-order chi connectivity index (χ0) is 20.6. The van der Waals surface area contributed by atoms with Gasteiger partial charge in [-0.3, -0.25) is 0 Å². The number of benzene rings is 3. The van der Waals surface area contributed by atoms with E-state index >= 15 is 0 Å². The minimum atomic E-state index is -0.416. The third kappa shape index (κ3) is 5.45. The van der Waals surface area contributed by atoms with Gasteiger partial charge in [-0.1, -0.05) is 67.3 Å². The van der Waals surface area contributed by atoms with Crippen LogP contribution in [0.15, 0.2) is 97.1 Å². The highest BCUT2D eigenvalue weighted by molar-refractivity contribution is 5.88. The predicted octanol–water partition coefficient (Wildman–Crippen LogP) is 6.46. The molecule has 0 N–H and O–H groups in total. The lowest BCUT2D eigenvalue weighted by molar-refractivity contribution is -0.130. The first-order chi connectivity index (χ1) is 14.1. The Bertz CT molecular complexity index is 995. The summed E-state index contributed by atoms with van der Waals surface area (Å²) in [7, 11) is 0. The number of hydrogen-bond acceptors (Lipinski definition) is 3. The van der Waals surface area contributed by atoms with Crippen LogP contribution < -0.4 is 9.47 Å². The molecule has 3 nitrogen and oxygen atoms in total. The van der Waals surface area contributed by atoms with Crippen LogP contribution in [0.1, 0.15) is 13.8 Å². The van der Waals surface area contributed by atoms with Crippen LogP contribution in [0.4, 0.5) is 0 Å². The van der Waals surface area contributed by atoms with Crippen LogP contribution in [0, 0.1) is 0 Å². The van der Waals surface area contributed by atoms with Crippen molar-refractivity contribution in [2.24, 2.45) is 0 Å². The van der Waals surface area contributed by atoms with E-state index < -0.39 is 5.97 Å². The molecule has 0 aliphatic rings. The molecule has 0 aliphatic carbocycles. The lowest BCUT2D eigenvalue weighted by atomic mass is 10.0. The molecule has 0 aromatic heterocycles. The highest BCUT2D eigenvalue weighted by Gasteiger charge is 2.06. The fourth-order valence-electron chi connectivity index (χ4n) is 2.75. The van der Waals surface area contributed by atoms with E-state index in [0.29, 0.717) is 17.9 Å². The Labute approximate surface area is 171 Å². The van der Waals surface area contributed by atoms with Gasteiger partial charge in [0.2, 0.25) is 0 Å². The highest BCUT2D eigenvalue weighted by Crippen LogP contribution is 2.27. The van der Waals surface area contributed by atoms with Gasteiger partial charge in [0.1, 0.15) is 18.1 Å². The van der Waals surface area contributed by atoms with Crippen molar-refractivity contribution in [3.63, 3.8) is 0 Å². The normalized spacial score (nSPS) is 10.7. The van der Waals surface area contributed by atoms with E-state index in [1.165, 1.54) is 0 Å². The second-order valence-corrected chi connectivity index (χ2v) is 6.68. The Morgan fingerprint density at radius 1 is 0.793 bits per heavy atom. The number of allylic oxidation sites excluding steroid dienone is 1. The van der Waals surface area contributed by atoms with Crippen molar-refractivity contribution in [3.05, 3.63) is 97.1 Å². The molecule has 0 spiro atoms. The van der Waals surface area contributed by atoms with Gasteiger partial charge in [-0.25, -0.2) is 4.79 Å². The van der Waals surface area contributed by atoms with Crippen molar-refractivity contribution in [1.29, 1.82) is 0 Å². The Balaban J connectivity index is 1.68. The van der Waals surface area contributed by atoms with Gasteiger partial charge in [0.15, 0.2) is 0 Å². The molecule has 29 heavy (non-hydrogen) atoms. The first kappa shape index (κ1) is 20.2. The zero-order valence-corrected chi connectivity index (χ0v) is 16.7. The highest BCUT2D eigenvalue weighted by atomic mass is 16.5. The Morgan fingerprint density at radius 3 is 1.62 bits per heavy atom. The summed E-state index contributed by atoms with van der Waals surface area (Å²) in [4.78, 5) is 11.6. The molecule has 0 unspecified atom stereocenters. The number of rotatable bonds is 7. The first-order valence-corrected chi connectivity index (χ1v) is 9.49. The average molecular weight is 384 g/mol. The summed E-state index contributed by atoms with van der Waals surface area (Å²) in [5.41, 5.74) is 4.80. The molecule has 0 amide bonds. The molecule has 0 heterocycles. The summed E-state index contributed by atoms with van der Waals surface area (Å²) >= 11 is 0. The quantitative estimate of drug-likeness (QED) is 0.203. The van der Waals surface area contributed by atoms with Crippen molar-refractivity contribution in [3.8, 4) is 33.8 Å². The molecule has 0 fully saturated rings. The van der Waals surface area contributed by atoms with Gasteiger partial charge in [-0.15, -0.1) is 0 Å². The van der Waals surface area contributed by atoms with Gasteiger partial charge in [0, 0.05) is 5.57 Å². The third-order valence-electron chi connectivity index (χ3n) is 4.40. The molecule has 3 heteroatoms. The van der Waals surface area contributed by atoms with Gasteiger partial charge < -0.3 is 9.47 Å². The van der Waals surface area contributed by atoms with Crippen LogP contribution in [-0.4, -0.2) is 12.6 Å². The van der Waals surface area contributed by atoms with Crippen LogP contribution in [0.25, 0.3) is 22.3 Å². The summed E-state index contributed by atoms with van der Waals surface area (Å²) in [6.07, 6.45) is 3.95. The predicted molar refractivity (Wildman–Crippen MR) is 118 cm³/mol. The maximum absolute atomic E-state index is 11.6. The van der Waals surface area contributed by atoms with Gasteiger partial charge in [0.25, 0.3) is 0 Å². The topological polar surface area (TPSA) is 35.5 Å². The van der Waals surface area contributed by atoms with E-state index in [1.807, 2.05) is 43.3 Å². The Kier molecular flexibility index (Phi) is 6.64. The minimum absolute atomic E-state index is 0.377. The van der Waals surface area contributed by atoms with E-state index in [-0.39, 0.29) is 0 Å². The number of ether oxygens (including phenoxy) is 2. The standard InChI is InChI=1S/C26H24O3/c1-4-5-18-28-24-14-10-22(11-15-24)20-6-8-21(9-7-20)23-12-16-25(17-13-23)29-26(27)19(2)3/h4-17H,2,18H2,1,3H3/b5-4+. The molecule has 0 aliphatic heterocycles. The average Bonchev–Trinajstić information content (AvgIpc) is 2.75. The van der Waals surface area contributed by atoms with Crippen molar-refractivity contribution in [2.75, 3.05) is 6.61 Å². The number of esters is 1. The number of hydrogen-bond donors (Lipinski definition) is 0. The van der Waals surface area contributed by atoms with Crippen molar-refractivity contribution >= 4 is 5.97 Å². The van der Waals surface area contributed by atoms with Crippen LogP contribution in [0.2, 0.25) is 0 Å². The van der Waals surface area contributed by atoms with Gasteiger partial charge in [-0.05, 0) is 60.4 Å². The summed E-state index contributed by atoms with van der Waals surface area (Å²) in [5, 5.41) is 0. The summed E-state index contributed by atoms with van der Waals surface area (Å²) < 4.78 is 10.9. The molecule has 0 saturated carbocycles. The van der Waals surface area contributed by atoms with Crippen LogP contribution in [0.5, 0.6) is 11.5 Å². The lowest BCUT2D eigenvalue weighted by Crippen LogP contribution is -2.07. The second-order valence-electron chi connectivity index (χ2n) is 6.68. The molecule has 0 radical (unpaired) electrons. The van der Waals surface area contributed by atoms with E-state index in [9.17, 15) is 4.79 Å². The monoisotopic (exact) mass is 384 g/mol. The lowest BCUT2D eigenvalue weighted by Gasteiger charge is -2.08. The smallest absolute Gasteiger partial charge is 0.338 e. The molecule has 0 atom stereocenters. The number of carbonyl (C=O) groups is 1. The maximum atomic E-state index is 11.6. The van der Waals surface area contributed by atoms with Gasteiger partial charge in [-0.2, -0.15) is 0 Å². The fourth-order valence-corrected chi connectivity index (χ4v) is 2.75. The Hall–Kier alpha value is -3.59. The van der Waals surface area contributed by atoms with Crippen LogP contribution >= 0.6 is 0 Å². The molecule has 146 valence electrons. The molecule has 0 saturated heterocycles. The maximum Gasteiger partial charge on any atom is 0.338 e. The minimum Gasteiger partial charge on any atom is -0.490 e. The molecule has 0 bridgehead atoms. The SMILES string of the molecule is C=C(C)C(=O)Oc1ccc(-c2ccc(-c3ccc(OC/C=C/C)cc3)cc2)cc1. The molecular weight excluding hydrogens is 360 g/mol. The number of carbonyl (C=O) groups excluding carboxylic acids is 1. The van der Waals surface area contributed by atoms with Crippen LogP contribution in [-0.2, 0) is 4.79 Å². The van der Waals surface area contributed by atoms with Gasteiger partial charge >= 0.3 is 5.97 Å². The van der Waals surface area contributed by atoms with E-state index in [1.54, 1.807) is 19.1 Å². The summed E-state index contributed by atoms with van der Waals surface area (Å²) in [5.74, 6) is 0.950. The van der Waals surface area contributed by atoms with E-state index in [0.717, 1.165) is 28.0 Å². The molecule has 3 rings (SSSR count).